The zero-order valence-corrected chi connectivity index (χ0v) is 14.3. The number of carbonyl (C=O) groups excluding carboxylic acids is 1. The Morgan fingerprint density at radius 2 is 1.96 bits per heavy atom. The van der Waals surface area contributed by atoms with Gasteiger partial charge in [0, 0.05) is 25.6 Å². The van der Waals surface area contributed by atoms with E-state index < -0.39 is 10.0 Å². The lowest BCUT2D eigenvalue weighted by molar-refractivity contribution is 0.0926. The van der Waals surface area contributed by atoms with Crippen LogP contribution < -0.4 is 10.1 Å². The van der Waals surface area contributed by atoms with Gasteiger partial charge in [-0.1, -0.05) is 0 Å². The molecule has 7 nitrogen and oxygen atoms in total. The number of hydrogen-bond acceptors (Lipinski definition) is 5. The molecule has 0 saturated carbocycles. The first-order chi connectivity index (χ1) is 10.8. The molecule has 0 unspecified atom stereocenters. The minimum atomic E-state index is -3.34. The van der Waals surface area contributed by atoms with Crippen LogP contribution >= 0.6 is 0 Å². The van der Waals surface area contributed by atoms with E-state index in [0.29, 0.717) is 24.5 Å². The van der Waals surface area contributed by atoms with E-state index in [-0.39, 0.29) is 23.6 Å². The minimum Gasteiger partial charge on any atom is -0.497 e. The quantitative estimate of drug-likeness (QED) is 0.805. The van der Waals surface area contributed by atoms with E-state index in [1.54, 1.807) is 31.4 Å². The zero-order valence-electron chi connectivity index (χ0n) is 13.5. The van der Waals surface area contributed by atoms with Crippen molar-refractivity contribution in [1.29, 1.82) is 0 Å². The predicted molar refractivity (Wildman–Crippen MR) is 86.0 cm³/mol. The SMILES string of the molecule is COc1ccc(C(=O)N[C@H]2COC[C@H]2CS(=O)(=O)N(C)C)cc1. The van der Waals surface area contributed by atoms with Crippen LogP contribution in [-0.2, 0) is 14.8 Å². The highest BCUT2D eigenvalue weighted by Crippen LogP contribution is 2.18. The number of ether oxygens (including phenoxy) is 2. The summed E-state index contributed by atoms with van der Waals surface area (Å²) in [5, 5.41) is 2.86. The summed E-state index contributed by atoms with van der Waals surface area (Å²) in [5.41, 5.74) is 0.493. The average Bonchev–Trinajstić information content (AvgIpc) is 2.93. The van der Waals surface area contributed by atoms with Crippen LogP contribution in [0.3, 0.4) is 0 Å². The molecule has 23 heavy (non-hydrogen) atoms. The number of amides is 1. The van der Waals surface area contributed by atoms with Crippen LogP contribution in [0.5, 0.6) is 5.75 Å². The number of hydrogen-bond donors (Lipinski definition) is 1. The third-order valence-corrected chi connectivity index (χ3v) is 5.81. The van der Waals surface area contributed by atoms with Crippen LogP contribution in [-0.4, -0.2) is 64.8 Å². The molecule has 0 aromatic heterocycles. The fourth-order valence-corrected chi connectivity index (χ4v) is 3.50. The van der Waals surface area contributed by atoms with E-state index in [2.05, 4.69) is 5.32 Å². The lowest BCUT2D eigenvalue weighted by Crippen LogP contribution is -2.43. The monoisotopic (exact) mass is 342 g/mol. The summed E-state index contributed by atoms with van der Waals surface area (Å²) in [4.78, 5) is 12.3. The number of benzene rings is 1. The summed E-state index contributed by atoms with van der Waals surface area (Å²) in [7, 11) is 1.21. The molecule has 0 bridgehead atoms. The Hall–Kier alpha value is -1.64. The Bertz CT molecular complexity index is 642. The number of methoxy groups -OCH3 is 1. The molecule has 128 valence electrons. The number of rotatable bonds is 6. The maximum Gasteiger partial charge on any atom is 0.251 e. The first-order valence-corrected chi connectivity index (χ1v) is 8.87. The lowest BCUT2D eigenvalue weighted by atomic mass is 10.1. The van der Waals surface area contributed by atoms with E-state index in [1.165, 1.54) is 18.4 Å². The number of sulfonamides is 1. The third-order valence-electron chi connectivity index (χ3n) is 3.85. The maximum atomic E-state index is 12.3. The Morgan fingerprint density at radius 3 is 2.52 bits per heavy atom. The number of nitrogens with one attached hydrogen (secondary N) is 1. The van der Waals surface area contributed by atoms with Crippen molar-refractivity contribution in [3.63, 3.8) is 0 Å². The molecule has 1 aliphatic rings. The van der Waals surface area contributed by atoms with E-state index in [0.717, 1.165) is 0 Å². The Balaban J connectivity index is 2.01. The van der Waals surface area contributed by atoms with Crippen molar-refractivity contribution >= 4 is 15.9 Å². The molecule has 1 heterocycles. The number of carbonyl (C=O) groups is 1. The second kappa shape index (κ2) is 7.29. The van der Waals surface area contributed by atoms with Crippen molar-refractivity contribution in [3.8, 4) is 5.75 Å². The van der Waals surface area contributed by atoms with Crippen LogP contribution in [0.4, 0.5) is 0 Å². The van der Waals surface area contributed by atoms with Gasteiger partial charge in [0.2, 0.25) is 10.0 Å². The molecule has 0 aliphatic carbocycles. The van der Waals surface area contributed by atoms with E-state index in [4.69, 9.17) is 9.47 Å². The second-order valence-electron chi connectivity index (χ2n) is 5.67. The third kappa shape index (κ3) is 4.43. The molecular weight excluding hydrogens is 320 g/mol. The minimum absolute atomic E-state index is 0.0481. The summed E-state index contributed by atoms with van der Waals surface area (Å²) in [6.45, 7) is 0.635. The van der Waals surface area contributed by atoms with Gasteiger partial charge in [0.25, 0.3) is 5.91 Å². The van der Waals surface area contributed by atoms with Crippen LogP contribution in [0.2, 0.25) is 0 Å². The summed E-state index contributed by atoms with van der Waals surface area (Å²) in [6, 6.07) is 6.41. The molecule has 8 heteroatoms. The van der Waals surface area contributed by atoms with Crippen molar-refractivity contribution in [3.05, 3.63) is 29.8 Å². The lowest BCUT2D eigenvalue weighted by Gasteiger charge is -2.21. The molecular formula is C15H22N2O5S. The van der Waals surface area contributed by atoms with Gasteiger partial charge < -0.3 is 14.8 Å². The van der Waals surface area contributed by atoms with Gasteiger partial charge in [-0.3, -0.25) is 4.79 Å². The molecule has 1 aromatic rings. The van der Waals surface area contributed by atoms with Crippen molar-refractivity contribution in [2.45, 2.75) is 6.04 Å². The summed E-state index contributed by atoms with van der Waals surface area (Å²) in [5.74, 6) is 0.105. The highest BCUT2D eigenvalue weighted by molar-refractivity contribution is 7.89. The molecule has 1 N–H and O–H groups in total. The van der Waals surface area contributed by atoms with E-state index in [9.17, 15) is 13.2 Å². The van der Waals surface area contributed by atoms with E-state index in [1.807, 2.05) is 0 Å². The van der Waals surface area contributed by atoms with Crippen LogP contribution in [0.25, 0.3) is 0 Å². The van der Waals surface area contributed by atoms with Crippen molar-refractivity contribution in [2.75, 3.05) is 40.2 Å². The second-order valence-corrected chi connectivity index (χ2v) is 7.89. The fraction of sp³-hybridized carbons (Fsp3) is 0.533. The van der Waals surface area contributed by atoms with Gasteiger partial charge in [0.05, 0.1) is 32.1 Å². The standard InChI is InChI=1S/C15H22N2O5S/c1-17(2)23(19,20)10-12-8-22-9-14(12)16-15(18)11-4-6-13(21-3)7-5-11/h4-7,12,14H,8-10H2,1-3H3,(H,16,18)/t12-,14-/m0/s1. The highest BCUT2D eigenvalue weighted by atomic mass is 32.2. The van der Waals surface area contributed by atoms with Crippen molar-refractivity contribution in [2.24, 2.45) is 5.92 Å². The summed E-state index contributed by atoms with van der Waals surface area (Å²) >= 11 is 0. The molecule has 1 saturated heterocycles. The van der Waals surface area contributed by atoms with Gasteiger partial charge in [-0.05, 0) is 24.3 Å². The van der Waals surface area contributed by atoms with E-state index >= 15 is 0 Å². The van der Waals surface area contributed by atoms with Gasteiger partial charge in [0.1, 0.15) is 5.75 Å². The van der Waals surface area contributed by atoms with Gasteiger partial charge in [-0.25, -0.2) is 12.7 Å². The molecule has 2 rings (SSSR count). The smallest absolute Gasteiger partial charge is 0.251 e. The molecule has 1 fully saturated rings. The zero-order chi connectivity index (χ0) is 17.0. The molecule has 0 spiro atoms. The topological polar surface area (TPSA) is 84.9 Å². The van der Waals surface area contributed by atoms with Gasteiger partial charge >= 0.3 is 0 Å². The molecule has 1 aliphatic heterocycles. The van der Waals surface area contributed by atoms with Crippen molar-refractivity contribution in [1.82, 2.24) is 9.62 Å². The maximum absolute atomic E-state index is 12.3. The van der Waals surface area contributed by atoms with Crippen molar-refractivity contribution < 1.29 is 22.7 Å². The summed E-state index contributed by atoms with van der Waals surface area (Å²) in [6.07, 6.45) is 0. The van der Waals surface area contributed by atoms with Gasteiger partial charge in [-0.15, -0.1) is 0 Å². The highest BCUT2D eigenvalue weighted by Gasteiger charge is 2.34. The molecule has 1 aromatic carbocycles. The first kappa shape index (κ1) is 17.7. The van der Waals surface area contributed by atoms with Crippen LogP contribution in [0.15, 0.2) is 24.3 Å². The molecule has 0 radical (unpaired) electrons. The average molecular weight is 342 g/mol. The predicted octanol–water partition coefficient (Wildman–Crippen LogP) is 0.331. The van der Waals surface area contributed by atoms with Gasteiger partial charge in [0.15, 0.2) is 0 Å². The first-order valence-electron chi connectivity index (χ1n) is 7.26. The Kier molecular flexibility index (Phi) is 5.61. The molecule has 2 atom stereocenters. The Labute approximate surface area is 136 Å². The summed E-state index contributed by atoms with van der Waals surface area (Å²) < 4.78 is 35.6. The fourth-order valence-electron chi connectivity index (χ4n) is 2.34. The van der Waals surface area contributed by atoms with Crippen LogP contribution in [0.1, 0.15) is 10.4 Å². The van der Waals surface area contributed by atoms with Crippen LogP contribution in [0, 0.1) is 5.92 Å². The number of nitrogens with zero attached hydrogens (tertiary/aromatic N) is 1. The normalized spacial score (nSPS) is 21.4. The largest absolute Gasteiger partial charge is 0.497 e. The Morgan fingerprint density at radius 1 is 1.30 bits per heavy atom. The molecule has 1 amide bonds. The van der Waals surface area contributed by atoms with Gasteiger partial charge in [-0.2, -0.15) is 0 Å².